The molecule has 0 aliphatic rings. The lowest BCUT2D eigenvalue weighted by atomic mass is 10.1. The number of hydrogen-bond acceptors (Lipinski definition) is 3. The van der Waals surface area contributed by atoms with Crippen molar-refractivity contribution in [3.63, 3.8) is 0 Å². The number of hydrogen-bond donors (Lipinski definition) is 0. The Morgan fingerprint density at radius 3 is 2.59 bits per heavy atom. The molecular formula is C24H18ClN3O. The van der Waals surface area contributed by atoms with E-state index in [1.165, 1.54) is 0 Å². The summed E-state index contributed by atoms with van der Waals surface area (Å²) in [7, 11) is 0. The van der Waals surface area contributed by atoms with Crippen LogP contribution in [0.3, 0.4) is 0 Å². The van der Waals surface area contributed by atoms with Crippen molar-refractivity contribution in [1.82, 2.24) is 9.55 Å². The van der Waals surface area contributed by atoms with Crippen LogP contribution < -0.4 is 4.74 Å². The maximum absolute atomic E-state index is 9.56. The van der Waals surface area contributed by atoms with Gasteiger partial charge in [0.2, 0.25) is 0 Å². The smallest absolute Gasteiger partial charge is 0.119 e. The molecule has 4 nitrogen and oxygen atoms in total. The summed E-state index contributed by atoms with van der Waals surface area (Å²) < 4.78 is 7.79. The molecule has 0 amide bonds. The van der Waals surface area contributed by atoms with Crippen LogP contribution in [0.5, 0.6) is 5.75 Å². The summed E-state index contributed by atoms with van der Waals surface area (Å²) in [5.41, 5.74) is 4.47. The van der Waals surface area contributed by atoms with Gasteiger partial charge in [0.1, 0.15) is 12.4 Å². The van der Waals surface area contributed by atoms with E-state index in [1.807, 2.05) is 83.4 Å². The Balaban J connectivity index is 1.45. The number of para-hydroxylation sites is 2. The number of imidazole rings is 1. The molecular weight excluding hydrogens is 382 g/mol. The third kappa shape index (κ3) is 4.48. The molecule has 0 aliphatic heterocycles. The minimum absolute atomic E-state index is 0.409. The van der Waals surface area contributed by atoms with E-state index >= 15 is 0 Å². The second-order valence-corrected chi connectivity index (χ2v) is 7.00. The summed E-state index contributed by atoms with van der Waals surface area (Å²) >= 11 is 6.16. The second kappa shape index (κ2) is 8.64. The summed E-state index contributed by atoms with van der Waals surface area (Å²) in [5, 5.41) is 10.3. The lowest BCUT2D eigenvalue weighted by Crippen LogP contribution is -1.98. The Morgan fingerprint density at radius 2 is 1.79 bits per heavy atom. The quantitative estimate of drug-likeness (QED) is 0.380. The van der Waals surface area contributed by atoms with Gasteiger partial charge in [0, 0.05) is 16.2 Å². The van der Waals surface area contributed by atoms with E-state index in [0.29, 0.717) is 23.7 Å². The molecule has 1 aromatic heterocycles. The fourth-order valence-corrected chi connectivity index (χ4v) is 3.26. The van der Waals surface area contributed by atoms with Gasteiger partial charge in [-0.25, -0.2) is 4.98 Å². The van der Waals surface area contributed by atoms with Crippen LogP contribution in [0.25, 0.3) is 17.1 Å². The second-order valence-electron chi connectivity index (χ2n) is 6.59. The number of nitrogens with zero attached hydrogens (tertiary/aromatic N) is 3. The van der Waals surface area contributed by atoms with Crippen molar-refractivity contribution < 1.29 is 4.74 Å². The fraction of sp³-hybridized carbons (Fsp3) is 0.0833. The average molecular weight is 400 g/mol. The number of allylic oxidation sites excluding steroid dienone is 1. The normalized spacial score (nSPS) is 11.4. The predicted octanol–water partition coefficient (Wildman–Crippen LogP) is 5.88. The molecule has 4 rings (SSSR count). The van der Waals surface area contributed by atoms with Gasteiger partial charge in [-0.1, -0.05) is 54.1 Å². The maximum Gasteiger partial charge on any atom is 0.119 e. The van der Waals surface area contributed by atoms with Gasteiger partial charge in [0.05, 0.1) is 30.0 Å². The summed E-state index contributed by atoms with van der Waals surface area (Å²) in [6, 6.07) is 25.5. The highest BCUT2D eigenvalue weighted by Crippen LogP contribution is 2.20. The molecule has 142 valence electrons. The Morgan fingerprint density at radius 1 is 1.03 bits per heavy atom. The van der Waals surface area contributed by atoms with Crippen LogP contribution in [0.2, 0.25) is 5.02 Å². The number of rotatable bonds is 6. The van der Waals surface area contributed by atoms with Gasteiger partial charge in [-0.3, -0.25) is 0 Å². The number of aromatic nitrogens is 2. The average Bonchev–Trinajstić information content (AvgIpc) is 3.16. The number of fused-ring (bicyclic) bond motifs is 1. The van der Waals surface area contributed by atoms with Crippen molar-refractivity contribution in [2.45, 2.75) is 13.2 Å². The van der Waals surface area contributed by atoms with Crippen molar-refractivity contribution in [3.8, 4) is 11.8 Å². The predicted molar refractivity (Wildman–Crippen MR) is 116 cm³/mol. The third-order valence-corrected chi connectivity index (χ3v) is 4.95. The van der Waals surface area contributed by atoms with E-state index in [1.54, 1.807) is 6.33 Å². The van der Waals surface area contributed by atoms with Gasteiger partial charge >= 0.3 is 0 Å². The molecule has 0 bridgehead atoms. The van der Waals surface area contributed by atoms with E-state index in [-0.39, 0.29) is 0 Å². The minimum atomic E-state index is 0.409. The molecule has 3 aromatic carbocycles. The van der Waals surface area contributed by atoms with Gasteiger partial charge in [-0.05, 0) is 42.0 Å². The molecule has 0 unspecified atom stereocenters. The van der Waals surface area contributed by atoms with Gasteiger partial charge in [0.15, 0.2) is 0 Å². The van der Waals surface area contributed by atoms with Crippen LogP contribution in [-0.4, -0.2) is 9.55 Å². The van der Waals surface area contributed by atoms with Crippen molar-refractivity contribution in [2.75, 3.05) is 0 Å². The molecule has 1 heterocycles. The molecule has 0 N–H and O–H groups in total. The molecule has 0 atom stereocenters. The number of nitriles is 1. The molecule has 0 saturated carbocycles. The maximum atomic E-state index is 9.56. The third-order valence-electron chi connectivity index (χ3n) is 4.58. The molecule has 0 spiro atoms. The van der Waals surface area contributed by atoms with Gasteiger partial charge in [-0.2, -0.15) is 5.26 Å². The zero-order valence-corrected chi connectivity index (χ0v) is 16.4. The molecule has 4 aromatic rings. The first kappa shape index (κ1) is 18.8. The Kier molecular flexibility index (Phi) is 5.60. The van der Waals surface area contributed by atoms with Gasteiger partial charge in [0.25, 0.3) is 0 Å². The number of ether oxygens (including phenoxy) is 1. The highest BCUT2D eigenvalue weighted by atomic mass is 35.5. The van der Waals surface area contributed by atoms with Crippen molar-refractivity contribution in [2.24, 2.45) is 0 Å². The topological polar surface area (TPSA) is 50.8 Å². The molecule has 0 radical (unpaired) electrons. The first-order chi connectivity index (χ1) is 14.2. The summed E-state index contributed by atoms with van der Waals surface area (Å²) in [6.45, 7) is 0.883. The summed E-state index contributed by atoms with van der Waals surface area (Å²) in [6.07, 6.45) is 3.65. The van der Waals surface area contributed by atoms with Crippen LogP contribution in [0.1, 0.15) is 11.1 Å². The van der Waals surface area contributed by atoms with E-state index in [4.69, 9.17) is 16.3 Å². The van der Waals surface area contributed by atoms with E-state index in [2.05, 4.69) is 11.1 Å². The van der Waals surface area contributed by atoms with Crippen LogP contribution in [0.4, 0.5) is 0 Å². The Hall–Kier alpha value is -3.55. The Bertz CT molecular complexity index is 1200. The molecule has 0 aliphatic carbocycles. The monoisotopic (exact) mass is 399 g/mol. The lowest BCUT2D eigenvalue weighted by molar-refractivity contribution is 0.306. The standard InChI is InChI=1S/C24H18ClN3O/c25-22-6-2-1-5-20(22)16-29-21-11-9-18(10-12-21)13-19(14-26)15-28-17-27-23-7-3-4-8-24(23)28/h1-13,17H,15-16H2/b19-13-. The number of halogens is 1. The molecule has 0 fully saturated rings. The van der Waals surface area contributed by atoms with Crippen LogP contribution >= 0.6 is 11.6 Å². The highest BCUT2D eigenvalue weighted by Gasteiger charge is 2.05. The molecule has 5 heteroatoms. The largest absolute Gasteiger partial charge is 0.489 e. The highest BCUT2D eigenvalue weighted by molar-refractivity contribution is 6.31. The minimum Gasteiger partial charge on any atom is -0.489 e. The van der Waals surface area contributed by atoms with Crippen LogP contribution in [0, 0.1) is 11.3 Å². The van der Waals surface area contributed by atoms with E-state index < -0.39 is 0 Å². The Labute approximate surface area is 174 Å². The van der Waals surface area contributed by atoms with E-state index in [9.17, 15) is 5.26 Å². The van der Waals surface area contributed by atoms with Crippen molar-refractivity contribution in [1.29, 1.82) is 5.26 Å². The van der Waals surface area contributed by atoms with Crippen molar-refractivity contribution in [3.05, 3.63) is 101 Å². The van der Waals surface area contributed by atoms with E-state index in [0.717, 1.165) is 27.9 Å². The first-order valence-electron chi connectivity index (χ1n) is 9.20. The zero-order chi connectivity index (χ0) is 20.1. The fourth-order valence-electron chi connectivity index (χ4n) is 3.07. The molecule has 0 saturated heterocycles. The molecule has 29 heavy (non-hydrogen) atoms. The van der Waals surface area contributed by atoms with Crippen LogP contribution in [0.15, 0.2) is 84.7 Å². The van der Waals surface area contributed by atoms with Gasteiger partial charge in [-0.15, -0.1) is 0 Å². The van der Waals surface area contributed by atoms with Crippen LogP contribution in [-0.2, 0) is 13.2 Å². The zero-order valence-electron chi connectivity index (χ0n) is 15.6. The van der Waals surface area contributed by atoms with Gasteiger partial charge < -0.3 is 9.30 Å². The first-order valence-corrected chi connectivity index (χ1v) is 9.57. The lowest BCUT2D eigenvalue weighted by Gasteiger charge is -2.08. The summed E-state index contributed by atoms with van der Waals surface area (Å²) in [5.74, 6) is 0.751. The summed E-state index contributed by atoms with van der Waals surface area (Å²) in [4.78, 5) is 4.38. The van der Waals surface area contributed by atoms with Crippen molar-refractivity contribution >= 4 is 28.7 Å². The SMILES string of the molecule is N#C/C(=C/c1ccc(OCc2ccccc2Cl)cc1)Cn1cnc2ccccc21. The number of benzene rings is 3.